The van der Waals surface area contributed by atoms with E-state index in [0.29, 0.717) is 0 Å². The van der Waals surface area contributed by atoms with Crippen LogP contribution >= 0.6 is 0 Å². The first-order chi connectivity index (χ1) is 8.79. The maximum atomic E-state index is 10.6. The summed E-state index contributed by atoms with van der Waals surface area (Å²) in [5.41, 5.74) is 1.31. The highest BCUT2D eigenvalue weighted by Gasteiger charge is 2.41. The Kier molecular flexibility index (Phi) is 4.79. The summed E-state index contributed by atoms with van der Waals surface area (Å²) in [6.45, 7) is 0.738. The summed E-state index contributed by atoms with van der Waals surface area (Å²) < 4.78 is 5.08. The first kappa shape index (κ1) is 13.6. The third-order valence-electron chi connectivity index (χ3n) is 4.31. The van der Waals surface area contributed by atoms with Crippen molar-refractivity contribution in [1.29, 1.82) is 0 Å². The quantitative estimate of drug-likeness (QED) is 0.783. The van der Waals surface area contributed by atoms with E-state index in [0.717, 1.165) is 32.3 Å². The number of aliphatic hydroxyl groups excluding tert-OH is 1. The van der Waals surface area contributed by atoms with E-state index in [2.05, 4.69) is 24.3 Å². The molecule has 1 aromatic rings. The maximum absolute atomic E-state index is 10.6. The minimum atomic E-state index is -0.238. The lowest BCUT2D eigenvalue weighted by atomic mass is 9.73. The van der Waals surface area contributed by atoms with Crippen molar-refractivity contribution in [3.05, 3.63) is 35.9 Å². The topological polar surface area (TPSA) is 29.5 Å². The largest absolute Gasteiger partial charge is 0.392 e. The van der Waals surface area contributed by atoms with Gasteiger partial charge in [-0.05, 0) is 31.2 Å². The Bertz CT molecular complexity index is 341. The fourth-order valence-electron chi connectivity index (χ4n) is 3.29. The number of aliphatic hydroxyl groups is 1. The number of ether oxygens (including phenoxy) is 1. The zero-order valence-corrected chi connectivity index (χ0v) is 11.3. The molecule has 0 saturated heterocycles. The van der Waals surface area contributed by atoms with Gasteiger partial charge in [-0.15, -0.1) is 0 Å². The van der Waals surface area contributed by atoms with E-state index in [1.807, 2.05) is 6.07 Å². The second kappa shape index (κ2) is 6.35. The van der Waals surface area contributed by atoms with Crippen molar-refractivity contribution in [1.82, 2.24) is 0 Å². The van der Waals surface area contributed by atoms with E-state index in [9.17, 15) is 5.11 Å². The second-order valence-corrected chi connectivity index (χ2v) is 5.38. The Morgan fingerprint density at radius 1 is 1.22 bits per heavy atom. The van der Waals surface area contributed by atoms with Crippen LogP contribution in [-0.4, -0.2) is 24.9 Å². The van der Waals surface area contributed by atoms with E-state index in [1.165, 1.54) is 18.4 Å². The Balaban J connectivity index is 2.12. The van der Waals surface area contributed by atoms with Crippen LogP contribution in [0.25, 0.3) is 0 Å². The molecule has 2 rings (SSSR count). The molecule has 0 heterocycles. The molecule has 0 bridgehead atoms. The molecular weight excluding hydrogens is 224 g/mol. The number of hydrogen-bond acceptors (Lipinski definition) is 2. The number of hydrogen-bond donors (Lipinski definition) is 1. The van der Waals surface area contributed by atoms with Gasteiger partial charge in [0.15, 0.2) is 0 Å². The maximum Gasteiger partial charge on any atom is 0.0637 e. The van der Waals surface area contributed by atoms with Gasteiger partial charge in [0.25, 0.3) is 0 Å². The Hall–Kier alpha value is -0.860. The first-order valence-corrected chi connectivity index (χ1v) is 7.02. The van der Waals surface area contributed by atoms with Crippen molar-refractivity contribution in [2.75, 3.05) is 13.7 Å². The summed E-state index contributed by atoms with van der Waals surface area (Å²) in [7, 11) is 1.72. The summed E-state index contributed by atoms with van der Waals surface area (Å²) in [6.07, 6.45) is 6.23. The van der Waals surface area contributed by atoms with E-state index in [4.69, 9.17) is 4.74 Å². The summed E-state index contributed by atoms with van der Waals surface area (Å²) in [6, 6.07) is 10.5. The average Bonchev–Trinajstić information content (AvgIpc) is 2.90. The van der Waals surface area contributed by atoms with Crippen LogP contribution < -0.4 is 0 Å². The van der Waals surface area contributed by atoms with Gasteiger partial charge in [0.05, 0.1) is 6.10 Å². The number of rotatable bonds is 6. The van der Waals surface area contributed by atoms with Crippen LogP contribution in [0.5, 0.6) is 0 Å². The van der Waals surface area contributed by atoms with Gasteiger partial charge in [0.1, 0.15) is 0 Å². The SMILES string of the molecule is COCCCC(O)C1(c2ccccc2)CCCC1. The predicted octanol–water partition coefficient (Wildman–Crippen LogP) is 3.29. The molecule has 1 aliphatic rings. The lowest BCUT2D eigenvalue weighted by Gasteiger charge is -2.35. The first-order valence-electron chi connectivity index (χ1n) is 7.02. The minimum Gasteiger partial charge on any atom is -0.392 e. The lowest BCUT2D eigenvalue weighted by molar-refractivity contribution is 0.0638. The average molecular weight is 248 g/mol. The molecule has 18 heavy (non-hydrogen) atoms. The van der Waals surface area contributed by atoms with E-state index < -0.39 is 0 Å². The van der Waals surface area contributed by atoms with Gasteiger partial charge in [-0.2, -0.15) is 0 Å². The third-order valence-corrected chi connectivity index (χ3v) is 4.31. The van der Waals surface area contributed by atoms with E-state index in [-0.39, 0.29) is 11.5 Å². The van der Waals surface area contributed by atoms with Crippen LogP contribution in [0.2, 0.25) is 0 Å². The Labute approximate surface area is 110 Å². The van der Waals surface area contributed by atoms with Crippen LogP contribution in [0.4, 0.5) is 0 Å². The normalized spacial score (nSPS) is 19.9. The summed E-state index contributed by atoms with van der Waals surface area (Å²) >= 11 is 0. The molecule has 1 aromatic carbocycles. The summed E-state index contributed by atoms with van der Waals surface area (Å²) in [5, 5.41) is 10.6. The molecule has 0 amide bonds. The molecule has 100 valence electrons. The minimum absolute atomic E-state index is 0.00496. The van der Waals surface area contributed by atoms with Crippen molar-refractivity contribution >= 4 is 0 Å². The second-order valence-electron chi connectivity index (χ2n) is 5.38. The summed E-state index contributed by atoms with van der Waals surface area (Å²) in [4.78, 5) is 0. The molecule has 1 atom stereocenters. The predicted molar refractivity (Wildman–Crippen MR) is 73.7 cm³/mol. The molecule has 1 saturated carbocycles. The molecular formula is C16H24O2. The molecule has 0 radical (unpaired) electrons. The van der Waals surface area contributed by atoms with Gasteiger partial charge < -0.3 is 9.84 Å². The molecule has 1 N–H and O–H groups in total. The van der Waals surface area contributed by atoms with Gasteiger partial charge in [0.2, 0.25) is 0 Å². The fourth-order valence-corrected chi connectivity index (χ4v) is 3.29. The van der Waals surface area contributed by atoms with Crippen LogP contribution in [0.15, 0.2) is 30.3 Å². The Morgan fingerprint density at radius 2 is 1.89 bits per heavy atom. The molecule has 1 fully saturated rings. The van der Waals surface area contributed by atoms with E-state index >= 15 is 0 Å². The summed E-state index contributed by atoms with van der Waals surface area (Å²) in [5.74, 6) is 0. The monoisotopic (exact) mass is 248 g/mol. The standard InChI is InChI=1S/C16H24O2/c1-18-13-7-10-15(17)16(11-5-6-12-16)14-8-3-2-4-9-14/h2-4,8-9,15,17H,5-7,10-13H2,1H3. The zero-order chi connectivity index (χ0) is 12.8. The van der Waals surface area contributed by atoms with Crippen molar-refractivity contribution < 1.29 is 9.84 Å². The van der Waals surface area contributed by atoms with Crippen LogP contribution in [0, 0.1) is 0 Å². The molecule has 1 aliphatic carbocycles. The van der Waals surface area contributed by atoms with Crippen molar-refractivity contribution in [2.45, 2.75) is 50.0 Å². The molecule has 2 heteroatoms. The lowest BCUT2D eigenvalue weighted by Crippen LogP contribution is -2.37. The molecule has 0 aromatic heterocycles. The van der Waals surface area contributed by atoms with Gasteiger partial charge in [-0.1, -0.05) is 43.2 Å². The number of methoxy groups -OCH3 is 1. The van der Waals surface area contributed by atoms with Crippen molar-refractivity contribution in [3.63, 3.8) is 0 Å². The highest BCUT2D eigenvalue weighted by molar-refractivity contribution is 5.28. The number of benzene rings is 1. The van der Waals surface area contributed by atoms with Crippen molar-refractivity contribution in [3.8, 4) is 0 Å². The van der Waals surface area contributed by atoms with E-state index in [1.54, 1.807) is 7.11 Å². The third kappa shape index (κ3) is 2.76. The van der Waals surface area contributed by atoms with Gasteiger partial charge in [0, 0.05) is 19.1 Å². The molecule has 1 unspecified atom stereocenters. The molecule has 0 spiro atoms. The van der Waals surface area contributed by atoms with Crippen molar-refractivity contribution in [2.24, 2.45) is 0 Å². The van der Waals surface area contributed by atoms with Gasteiger partial charge in [-0.3, -0.25) is 0 Å². The zero-order valence-electron chi connectivity index (χ0n) is 11.3. The van der Waals surface area contributed by atoms with Crippen LogP contribution in [0.1, 0.15) is 44.1 Å². The highest BCUT2D eigenvalue weighted by Crippen LogP contribution is 2.44. The van der Waals surface area contributed by atoms with Gasteiger partial charge >= 0.3 is 0 Å². The van der Waals surface area contributed by atoms with Crippen LogP contribution in [-0.2, 0) is 10.2 Å². The van der Waals surface area contributed by atoms with Crippen LogP contribution in [0.3, 0.4) is 0 Å². The molecule has 2 nitrogen and oxygen atoms in total. The van der Waals surface area contributed by atoms with Gasteiger partial charge in [-0.25, -0.2) is 0 Å². The smallest absolute Gasteiger partial charge is 0.0637 e. The highest BCUT2D eigenvalue weighted by atomic mass is 16.5. The Morgan fingerprint density at radius 3 is 2.50 bits per heavy atom. The molecule has 0 aliphatic heterocycles. The fraction of sp³-hybridized carbons (Fsp3) is 0.625.